The standard InChI is InChI=1S/C13H17BrN2/c1-11-5-6-13(14)9-12(11)10-16(2)8-4-3-7-15/h5-6,9H,3-4,8,10H2,1-2H3. The van der Waals surface area contributed by atoms with E-state index in [-0.39, 0.29) is 0 Å². The highest BCUT2D eigenvalue weighted by molar-refractivity contribution is 9.10. The second kappa shape index (κ2) is 6.67. The van der Waals surface area contributed by atoms with Crippen molar-refractivity contribution in [2.75, 3.05) is 13.6 Å². The highest BCUT2D eigenvalue weighted by Gasteiger charge is 2.03. The molecule has 1 rings (SSSR count). The molecule has 0 N–H and O–H groups in total. The van der Waals surface area contributed by atoms with Gasteiger partial charge in [0, 0.05) is 17.4 Å². The fraction of sp³-hybridized carbons (Fsp3) is 0.462. The van der Waals surface area contributed by atoms with Crippen LogP contribution in [-0.2, 0) is 6.54 Å². The summed E-state index contributed by atoms with van der Waals surface area (Å²) < 4.78 is 1.12. The molecular formula is C13H17BrN2. The topological polar surface area (TPSA) is 27.0 Å². The van der Waals surface area contributed by atoms with E-state index >= 15 is 0 Å². The van der Waals surface area contributed by atoms with Crippen LogP contribution in [0.5, 0.6) is 0 Å². The third kappa shape index (κ3) is 4.34. The molecule has 86 valence electrons. The van der Waals surface area contributed by atoms with E-state index in [0.29, 0.717) is 6.42 Å². The van der Waals surface area contributed by atoms with Crippen molar-refractivity contribution in [2.24, 2.45) is 0 Å². The van der Waals surface area contributed by atoms with Crippen molar-refractivity contribution >= 4 is 15.9 Å². The number of aryl methyl sites for hydroxylation is 1. The van der Waals surface area contributed by atoms with Gasteiger partial charge in [0.1, 0.15) is 0 Å². The molecule has 0 saturated carbocycles. The Morgan fingerprint density at radius 3 is 2.88 bits per heavy atom. The third-order valence-electron chi connectivity index (χ3n) is 2.58. The van der Waals surface area contributed by atoms with Crippen LogP contribution < -0.4 is 0 Å². The SMILES string of the molecule is Cc1ccc(Br)cc1CN(C)CCCC#N. The summed E-state index contributed by atoms with van der Waals surface area (Å²) in [5, 5.41) is 8.47. The van der Waals surface area contributed by atoms with Gasteiger partial charge in [-0.1, -0.05) is 22.0 Å². The molecule has 0 aliphatic carbocycles. The van der Waals surface area contributed by atoms with Crippen molar-refractivity contribution in [3.63, 3.8) is 0 Å². The van der Waals surface area contributed by atoms with Crippen LogP contribution in [0.4, 0.5) is 0 Å². The van der Waals surface area contributed by atoms with Gasteiger partial charge in [-0.05, 0) is 50.2 Å². The van der Waals surface area contributed by atoms with Crippen LogP contribution in [0.15, 0.2) is 22.7 Å². The number of hydrogen-bond acceptors (Lipinski definition) is 2. The van der Waals surface area contributed by atoms with Crippen molar-refractivity contribution in [2.45, 2.75) is 26.3 Å². The molecule has 16 heavy (non-hydrogen) atoms. The minimum Gasteiger partial charge on any atom is -0.302 e. The van der Waals surface area contributed by atoms with E-state index in [2.05, 4.69) is 59.1 Å². The Balaban J connectivity index is 2.52. The second-order valence-corrected chi connectivity index (χ2v) is 4.99. The minimum absolute atomic E-state index is 0.641. The van der Waals surface area contributed by atoms with E-state index in [9.17, 15) is 0 Å². The van der Waals surface area contributed by atoms with Crippen LogP contribution in [0.2, 0.25) is 0 Å². The lowest BCUT2D eigenvalue weighted by atomic mass is 10.1. The third-order valence-corrected chi connectivity index (χ3v) is 3.07. The molecule has 0 heterocycles. The summed E-state index contributed by atoms with van der Waals surface area (Å²) in [4.78, 5) is 2.26. The van der Waals surface area contributed by atoms with Crippen molar-refractivity contribution in [3.8, 4) is 6.07 Å². The Kier molecular flexibility index (Phi) is 5.51. The van der Waals surface area contributed by atoms with Gasteiger partial charge in [0.25, 0.3) is 0 Å². The van der Waals surface area contributed by atoms with E-state index in [1.165, 1.54) is 11.1 Å². The maximum Gasteiger partial charge on any atom is 0.0622 e. The molecule has 0 amide bonds. The Morgan fingerprint density at radius 2 is 2.19 bits per heavy atom. The van der Waals surface area contributed by atoms with Gasteiger partial charge in [0.2, 0.25) is 0 Å². The van der Waals surface area contributed by atoms with E-state index in [1.54, 1.807) is 0 Å². The number of rotatable bonds is 5. The quantitative estimate of drug-likeness (QED) is 0.772. The summed E-state index contributed by atoms with van der Waals surface area (Å²) >= 11 is 3.49. The number of nitriles is 1. The first-order chi connectivity index (χ1) is 7.63. The first-order valence-electron chi connectivity index (χ1n) is 5.44. The predicted octanol–water partition coefficient (Wildman–Crippen LogP) is 3.49. The van der Waals surface area contributed by atoms with Gasteiger partial charge in [-0.15, -0.1) is 0 Å². The van der Waals surface area contributed by atoms with Gasteiger partial charge in [-0.3, -0.25) is 0 Å². The van der Waals surface area contributed by atoms with Gasteiger partial charge >= 0.3 is 0 Å². The molecule has 0 bridgehead atoms. The van der Waals surface area contributed by atoms with E-state index < -0.39 is 0 Å². The highest BCUT2D eigenvalue weighted by atomic mass is 79.9. The number of benzene rings is 1. The Labute approximate surface area is 106 Å². The molecule has 0 aliphatic heterocycles. The van der Waals surface area contributed by atoms with Gasteiger partial charge in [-0.2, -0.15) is 5.26 Å². The minimum atomic E-state index is 0.641. The lowest BCUT2D eigenvalue weighted by molar-refractivity contribution is 0.323. The van der Waals surface area contributed by atoms with Gasteiger partial charge in [0.15, 0.2) is 0 Å². The van der Waals surface area contributed by atoms with Crippen molar-refractivity contribution in [1.29, 1.82) is 5.26 Å². The lowest BCUT2D eigenvalue weighted by Gasteiger charge is -2.17. The van der Waals surface area contributed by atoms with Crippen LogP contribution in [0.25, 0.3) is 0 Å². The maximum absolute atomic E-state index is 8.47. The van der Waals surface area contributed by atoms with Gasteiger partial charge in [0.05, 0.1) is 6.07 Å². The average Bonchev–Trinajstić information content (AvgIpc) is 2.24. The fourth-order valence-corrected chi connectivity index (χ4v) is 2.02. The molecule has 0 saturated heterocycles. The molecule has 0 aliphatic rings. The summed E-state index contributed by atoms with van der Waals surface area (Å²) in [6.45, 7) is 4.04. The van der Waals surface area contributed by atoms with Gasteiger partial charge < -0.3 is 4.90 Å². The normalized spacial score (nSPS) is 10.4. The molecule has 3 heteroatoms. The van der Waals surface area contributed by atoms with Crippen molar-refractivity contribution < 1.29 is 0 Å². The molecule has 0 aromatic heterocycles. The summed E-state index contributed by atoms with van der Waals surface area (Å²) in [6, 6.07) is 8.53. The molecular weight excluding hydrogens is 264 g/mol. The Morgan fingerprint density at radius 1 is 1.44 bits per heavy atom. The summed E-state index contributed by atoms with van der Waals surface area (Å²) in [7, 11) is 2.09. The first-order valence-corrected chi connectivity index (χ1v) is 6.23. The zero-order valence-electron chi connectivity index (χ0n) is 9.83. The molecule has 1 aromatic rings. The first kappa shape index (κ1) is 13.2. The van der Waals surface area contributed by atoms with Crippen LogP contribution >= 0.6 is 15.9 Å². The maximum atomic E-state index is 8.47. The van der Waals surface area contributed by atoms with E-state index in [0.717, 1.165) is 24.0 Å². The average molecular weight is 281 g/mol. The number of nitrogens with zero attached hydrogens (tertiary/aromatic N) is 2. The van der Waals surface area contributed by atoms with E-state index in [4.69, 9.17) is 5.26 Å². The van der Waals surface area contributed by atoms with Crippen LogP contribution in [0.1, 0.15) is 24.0 Å². The molecule has 0 fully saturated rings. The van der Waals surface area contributed by atoms with Crippen LogP contribution in [0, 0.1) is 18.3 Å². The summed E-state index contributed by atoms with van der Waals surface area (Å²) in [6.07, 6.45) is 1.59. The van der Waals surface area contributed by atoms with Gasteiger partial charge in [-0.25, -0.2) is 0 Å². The highest BCUT2D eigenvalue weighted by Crippen LogP contribution is 2.17. The molecule has 1 aromatic carbocycles. The monoisotopic (exact) mass is 280 g/mol. The molecule has 2 nitrogen and oxygen atoms in total. The largest absolute Gasteiger partial charge is 0.302 e. The molecule has 0 unspecified atom stereocenters. The number of unbranched alkanes of at least 4 members (excludes halogenated alkanes) is 1. The van der Waals surface area contributed by atoms with Crippen molar-refractivity contribution in [3.05, 3.63) is 33.8 Å². The lowest BCUT2D eigenvalue weighted by Crippen LogP contribution is -2.19. The zero-order valence-corrected chi connectivity index (χ0v) is 11.4. The molecule has 0 radical (unpaired) electrons. The van der Waals surface area contributed by atoms with Crippen molar-refractivity contribution in [1.82, 2.24) is 4.90 Å². The Bertz CT molecular complexity index is 382. The predicted molar refractivity (Wildman–Crippen MR) is 70.1 cm³/mol. The Hall–Kier alpha value is -0.850. The molecule has 0 spiro atoms. The second-order valence-electron chi connectivity index (χ2n) is 4.07. The molecule has 0 atom stereocenters. The van der Waals surface area contributed by atoms with Crippen LogP contribution in [-0.4, -0.2) is 18.5 Å². The number of halogens is 1. The summed E-state index contributed by atoms with van der Waals surface area (Å²) in [5.41, 5.74) is 2.66. The number of hydrogen-bond donors (Lipinski definition) is 0. The zero-order chi connectivity index (χ0) is 12.0. The smallest absolute Gasteiger partial charge is 0.0622 e. The summed E-state index contributed by atoms with van der Waals surface area (Å²) in [5.74, 6) is 0. The fourth-order valence-electron chi connectivity index (χ4n) is 1.61. The van der Waals surface area contributed by atoms with Crippen LogP contribution in [0.3, 0.4) is 0 Å². The van der Waals surface area contributed by atoms with E-state index in [1.807, 2.05) is 0 Å².